The normalized spacial score (nSPS) is 24.5. The van der Waals surface area contributed by atoms with Crippen molar-refractivity contribution in [3.8, 4) is 0 Å². The number of nitrogens with zero attached hydrogens (tertiary/aromatic N) is 1. The van der Waals surface area contributed by atoms with Gasteiger partial charge in [0.15, 0.2) is 0 Å². The molecule has 0 radical (unpaired) electrons. The third-order valence-electron chi connectivity index (χ3n) is 3.66. The molecule has 116 valence electrons. The minimum absolute atomic E-state index is 0.00248. The Kier molecular flexibility index (Phi) is 5.17. The van der Waals surface area contributed by atoms with Crippen LogP contribution in [0.15, 0.2) is 24.3 Å². The van der Waals surface area contributed by atoms with Crippen molar-refractivity contribution < 1.29 is 14.6 Å². The Hall–Kier alpha value is -1.63. The average Bonchev–Trinajstić information content (AvgIpc) is 2.48. The zero-order chi connectivity index (χ0) is 15.4. The Morgan fingerprint density at radius 1 is 1.48 bits per heavy atom. The number of rotatable bonds is 4. The number of benzene rings is 1. The zero-order valence-corrected chi connectivity index (χ0v) is 12.5. The van der Waals surface area contributed by atoms with Crippen molar-refractivity contribution in [1.82, 2.24) is 4.90 Å². The predicted molar refractivity (Wildman–Crippen MR) is 81.9 cm³/mol. The van der Waals surface area contributed by atoms with Crippen LogP contribution in [0.5, 0.6) is 0 Å². The van der Waals surface area contributed by atoms with Gasteiger partial charge in [-0.25, -0.2) is 0 Å². The maximum atomic E-state index is 12.3. The molecule has 6 heteroatoms. The van der Waals surface area contributed by atoms with Crippen molar-refractivity contribution in [2.24, 2.45) is 0 Å². The molecule has 0 aliphatic carbocycles. The summed E-state index contributed by atoms with van der Waals surface area (Å²) in [7, 11) is 0. The van der Waals surface area contributed by atoms with E-state index >= 15 is 0 Å². The number of amides is 1. The highest BCUT2D eigenvalue weighted by atomic mass is 16.5. The summed E-state index contributed by atoms with van der Waals surface area (Å²) in [5, 5.41) is 12.1. The summed E-state index contributed by atoms with van der Waals surface area (Å²) in [6.45, 7) is 5.00. The Labute approximate surface area is 124 Å². The molecule has 3 unspecified atom stereocenters. The Bertz CT molecular complexity index is 478. The van der Waals surface area contributed by atoms with Crippen LogP contribution in [0.4, 0.5) is 11.4 Å². The lowest BCUT2D eigenvalue weighted by molar-refractivity contribution is -0.131. The molecule has 0 spiro atoms. The van der Waals surface area contributed by atoms with Gasteiger partial charge in [-0.15, -0.1) is 0 Å². The lowest BCUT2D eigenvalue weighted by atomic mass is 10.1. The molecule has 2 rings (SSSR count). The number of nitrogens with two attached hydrogens (primary N) is 1. The zero-order valence-electron chi connectivity index (χ0n) is 12.5. The van der Waals surface area contributed by atoms with Gasteiger partial charge >= 0.3 is 0 Å². The second kappa shape index (κ2) is 6.89. The van der Waals surface area contributed by atoms with Crippen LogP contribution < -0.4 is 11.1 Å². The fourth-order valence-corrected chi connectivity index (χ4v) is 2.48. The number of aliphatic hydroxyl groups excluding tert-OH is 1. The molecule has 4 N–H and O–H groups in total. The van der Waals surface area contributed by atoms with Crippen LogP contribution in [0.3, 0.4) is 0 Å². The predicted octanol–water partition coefficient (Wildman–Crippen LogP) is 0.677. The fraction of sp³-hybridized carbons (Fsp3) is 0.533. The number of morpholine rings is 1. The maximum Gasteiger partial charge on any atom is 0.241 e. The minimum Gasteiger partial charge on any atom is -0.399 e. The molecule has 3 atom stereocenters. The molecule has 1 aromatic rings. The van der Waals surface area contributed by atoms with E-state index in [9.17, 15) is 9.90 Å². The number of nitrogens with one attached hydrogen (secondary N) is 1. The van der Waals surface area contributed by atoms with E-state index < -0.39 is 0 Å². The average molecular weight is 293 g/mol. The molecule has 1 heterocycles. The van der Waals surface area contributed by atoms with E-state index in [-0.39, 0.29) is 30.8 Å². The molecule has 1 saturated heterocycles. The van der Waals surface area contributed by atoms with Crippen LogP contribution in [-0.2, 0) is 9.53 Å². The maximum absolute atomic E-state index is 12.3. The highest BCUT2D eigenvalue weighted by Crippen LogP contribution is 2.16. The fourth-order valence-electron chi connectivity index (χ4n) is 2.48. The number of nitrogen functional groups attached to an aromatic ring is 1. The number of aliphatic hydroxyl groups is 1. The van der Waals surface area contributed by atoms with Crippen molar-refractivity contribution in [3.63, 3.8) is 0 Å². The monoisotopic (exact) mass is 293 g/mol. The second-order valence-corrected chi connectivity index (χ2v) is 5.49. The number of hydrogen-bond acceptors (Lipinski definition) is 5. The molecule has 1 amide bonds. The molecule has 0 saturated carbocycles. The summed E-state index contributed by atoms with van der Waals surface area (Å²) in [5.74, 6) is -0.0782. The van der Waals surface area contributed by atoms with Crippen molar-refractivity contribution in [2.45, 2.75) is 32.1 Å². The molecule has 0 bridgehead atoms. The largest absolute Gasteiger partial charge is 0.399 e. The lowest BCUT2D eigenvalue weighted by Gasteiger charge is -2.38. The Morgan fingerprint density at radius 3 is 2.76 bits per heavy atom. The van der Waals surface area contributed by atoms with Gasteiger partial charge in [0.05, 0.1) is 24.9 Å². The first-order valence-electron chi connectivity index (χ1n) is 7.16. The van der Waals surface area contributed by atoms with Gasteiger partial charge in [0.1, 0.15) is 0 Å². The number of carbonyl (C=O) groups is 1. The van der Waals surface area contributed by atoms with Crippen LogP contribution in [0.1, 0.15) is 13.8 Å². The van der Waals surface area contributed by atoms with E-state index in [0.29, 0.717) is 18.8 Å². The lowest BCUT2D eigenvalue weighted by Crippen LogP contribution is -2.54. The topological polar surface area (TPSA) is 87.8 Å². The molecule has 1 fully saturated rings. The summed E-state index contributed by atoms with van der Waals surface area (Å²) in [4.78, 5) is 14.3. The number of ether oxygens (including phenoxy) is 1. The molecule has 1 aliphatic rings. The van der Waals surface area contributed by atoms with E-state index in [4.69, 9.17) is 10.5 Å². The number of hydrogen-bond donors (Lipinski definition) is 3. The van der Waals surface area contributed by atoms with E-state index in [1.807, 2.05) is 18.7 Å². The molecule has 6 nitrogen and oxygen atoms in total. The third-order valence-corrected chi connectivity index (χ3v) is 3.66. The van der Waals surface area contributed by atoms with Crippen LogP contribution in [0.25, 0.3) is 0 Å². The summed E-state index contributed by atoms with van der Waals surface area (Å²) >= 11 is 0. The van der Waals surface area contributed by atoms with Crippen LogP contribution >= 0.6 is 0 Å². The van der Waals surface area contributed by atoms with Crippen molar-refractivity contribution >= 4 is 17.3 Å². The summed E-state index contributed by atoms with van der Waals surface area (Å²) < 4.78 is 5.59. The highest BCUT2D eigenvalue weighted by molar-refractivity contribution is 5.94. The first-order chi connectivity index (χ1) is 9.99. The smallest absolute Gasteiger partial charge is 0.241 e. The molecule has 21 heavy (non-hydrogen) atoms. The summed E-state index contributed by atoms with van der Waals surface area (Å²) in [6.07, 6.45) is -0.233. The van der Waals surface area contributed by atoms with Crippen LogP contribution in [0.2, 0.25) is 0 Å². The van der Waals surface area contributed by atoms with Crippen molar-refractivity contribution in [3.05, 3.63) is 24.3 Å². The van der Waals surface area contributed by atoms with Gasteiger partial charge in [0, 0.05) is 24.5 Å². The standard InChI is InChI=1S/C15H23N3O3/c1-10-7-18(8-14(9-19)21-10)11(2)15(20)17-13-5-3-12(16)4-6-13/h3-6,10-11,14,19H,7-9,16H2,1-2H3,(H,17,20). The summed E-state index contributed by atoms with van der Waals surface area (Å²) in [5.41, 5.74) is 7.01. The van der Waals surface area contributed by atoms with E-state index in [1.54, 1.807) is 24.3 Å². The minimum atomic E-state index is -0.289. The molecular weight excluding hydrogens is 270 g/mol. The number of anilines is 2. The first-order valence-corrected chi connectivity index (χ1v) is 7.16. The highest BCUT2D eigenvalue weighted by Gasteiger charge is 2.30. The van der Waals surface area contributed by atoms with E-state index in [2.05, 4.69) is 5.32 Å². The molecule has 1 aliphatic heterocycles. The van der Waals surface area contributed by atoms with Crippen LogP contribution in [0, 0.1) is 0 Å². The number of carbonyl (C=O) groups excluding carboxylic acids is 1. The SMILES string of the molecule is CC1CN(C(C)C(=O)Nc2ccc(N)cc2)CC(CO)O1. The molecule has 0 aromatic heterocycles. The van der Waals surface area contributed by atoms with Gasteiger partial charge in [0.25, 0.3) is 0 Å². The van der Waals surface area contributed by atoms with Gasteiger partial charge in [-0.1, -0.05) is 0 Å². The third kappa shape index (κ3) is 4.17. The summed E-state index contributed by atoms with van der Waals surface area (Å²) in [6, 6.07) is 6.76. The van der Waals surface area contributed by atoms with Gasteiger partial charge in [-0.05, 0) is 38.1 Å². The van der Waals surface area contributed by atoms with Crippen molar-refractivity contribution in [2.75, 3.05) is 30.7 Å². The van der Waals surface area contributed by atoms with Crippen LogP contribution in [-0.4, -0.2) is 53.9 Å². The van der Waals surface area contributed by atoms with Crippen molar-refractivity contribution in [1.29, 1.82) is 0 Å². The molecule has 1 aromatic carbocycles. The van der Waals surface area contributed by atoms with Gasteiger partial charge in [-0.3, -0.25) is 9.69 Å². The Morgan fingerprint density at radius 2 is 2.14 bits per heavy atom. The van der Waals surface area contributed by atoms with Gasteiger partial charge in [0.2, 0.25) is 5.91 Å². The van der Waals surface area contributed by atoms with Gasteiger partial charge < -0.3 is 20.9 Å². The first kappa shape index (κ1) is 15.8. The van der Waals surface area contributed by atoms with E-state index in [1.165, 1.54) is 0 Å². The molecular formula is C15H23N3O3. The Balaban J connectivity index is 1.96. The quantitative estimate of drug-likeness (QED) is 0.711. The van der Waals surface area contributed by atoms with Gasteiger partial charge in [-0.2, -0.15) is 0 Å². The van der Waals surface area contributed by atoms with E-state index in [0.717, 1.165) is 5.69 Å². The second-order valence-electron chi connectivity index (χ2n) is 5.49.